The van der Waals surface area contributed by atoms with E-state index in [-0.39, 0.29) is 5.41 Å². The lowest BCUT2D eigenvalue weighted by Gasteiger charge is -2.18. The molecule has 0 aromatic carbocycles. The molecule has 0 aliphatic rings. The minimum Gasteiger partial charge on any atom is -0.366 e. The first-order valence-corrected chi connectivity index (χ1v) is 7.12. The number of anilines is 1. The topological polar surface area (TPSA) is 42.7 Å². The van der Waals surface area contributed by atoms with E-state index in [2.05, 4.69) is 55.4 Å². The molecule has 0 aliphatic carbocycles. The Hall–Kier alpha value is -1.84. The van der Waals surface area contributed by atoms with E-state index < -0.39 is 0 Å². The second-order valence-electron chi connectivity index (χ2n) is 6.16. The lowest BCUT2D eigenvalue weighted by Crippen LogP contribution is -2.12. The molecule has 0 radical (unpaired) electrons. The van der Waals surface area contributed by atoms with Gasteiger partial charge in [0.2, 0.25) is 0 Å². The molecule has 0 saturated heterocycles. The van der Waals surface area contributed by atoms with Crippen LogP contribution in [0.4, 0.5) is 5.82 Å². The number of pyridine rings is 1. The zero-order valence-corrected chi connectivity index (χ0v) is 13.1. The van der Waals surface area contributed by atoms with Crippen LogP contribution >= 0.6 is 0 Å². The molecule has 4 heteroatoms. The van der Waals surface area contributed by atoms with Gasteiger partial charge in [-0.1, -0.05) is 33.8 Å². The van der Waals surface area contributed by atoms with Gasteiger partial charge in [-0.3, -0.25) is 4.68 Å². The Morgan fingerprint density at radius 2 is 2.00 bits per heavy atom. The number of nitrogens with zero attached hydrogens (tertiary/aromatic N) is 3. The van der Waals surface area contributed by atoms with E-state index in [1.54, 1.807) is 0 Å². The van der Waals surface area contributed by atoms with Crippen LogP contribution in [0.15, 0.2) is 24.5 Å². The minimum absolute atomic E-state index is 0.143. The monoisotopic (exact) mass is 272 g/mol. The maximum atomic E-state index is 4.48. The quantitative estimate of drug-likeness (QED) is 0.928. The summed E-state index contributed by atoms with van der Waals surface area (Å²) in [5.41, 5.74) is 3.77. The summed E-state index contributed by atoms with van der Waals surface area (Å²) >= 11 is 0. The third-order valence-electron chi connectivity index (χ3n) is 3.42. The second kappa shape index (κ2) is 5.65. The highest BCUT2D eigenvalue weighted by Gasteiger charge is 2.13. The number of aromatic nitrogens is 3. The van der Waals surface area contributed by atoms with Gasteiger partial charge in [0.1, 0.15) is 5.82 Å². The van der Waals surface area contributed by atoms with Crippen molar-refractivity contribution < 1.29 is 0 Å². The first kappa shape index (κ1) is 14.6. The third-order valence-corrected chi connectivity index (χ3v) is 3.42. The molecule has 0 bridgehead atoms. The first-order chi connectivity index (χ1) is 9.40. The van der Waals surface area contributed by atoms with Gasteiger partial charge in [-0.05, 0) is 23.5 Å². The lowest BCUT2D eigenvalue weighted by atomic mass is 9.88. The van der Waals surface area contributed by atoms with Crippen molar-refractivity contribution >= 4 is 5.82 Å². The Labute approximate surface area is 121 Å². The zero-order valence-electron chi connectivity index (χ0n) is 13.1. The molecular formula is C16H24N4. The molecule has 0 unspecified atom stereocenters. The number of hydrogen-bond acceptors (Lipinski definition) is 3. The highest BCUT2D eigenvalue weighted by Crippen LogP contribution is 2.22. The smallest absolute Gasteiger partial charge is 0.126 e. The Bertz CT molecular complexity index is 561. The summed E-state index contributed by atoms with van der Waals surface area (Å²) in [5.74, 6) is 0.906. The average molecular weight is 272 g/mol. The molecule has 2 rings (SSSR count). The van der Waals surface area contributed by atoms with Crippen LogP contribution in [0, 0.1) is 0 Å². The third kappa shape index (κ3) is 3.38. The van der Waals surface area contributed by atoms with Crippen molar-refractivity contribution in [2.75, 3.05) is 5.32 Å². The predicted octanol–water partition coefficient (Wildman–Crippen LogP) is 3.29. The molecule has 0 amide bonds. The van der Waals surface area contributed by atoms with Gasteiger partial charge < -0.3 is 5.32 Å². The van der Waals surface area contributed by atoms with Crippen LogP contribution in [-0.2, 0) is 25.4 Å². The molecule has 108 valence electrons. The van der Waals surface area contributed by atoms with Crippen LogP contribution < -0.4 is 5.32 Å². The van der Waals surface area contributed by atoms with E-state index in [0.29, 0.717) is 0 Å². The Kier molecular flexibility index (Phi) is 4.12. The standard InChI is InChI=1S/C16H24N4/c1-6-14-12(11-20(5)19-14)9-17-15-8-7-13(10-18-15)16(2,3)4/h7-8,10-11H,6,9H2,1-5H3,(H,17,18). The fourth-order valence-corrected chi connectivity index (χ4v) is 2.16. The summed E-state index contributed by atoms with van der Waals surface area (Å²) in [5, 5.41) is 7.81. The Balaban J connectivity index is 2.04. The van der Waals surface area contributed by atoms with Crippen LogP contribution in [0.25, 0.3) is 0 Å². The molecule has 0 aliphatic heterocycles. The Morgan fingerprint density at radius 3 is 2.55 bits per heavy atom. The van der Waals surface area contributed by atoms with Gasteiger partial charge in [0.15, 0.2) is 0 Å². The van der Waals surface area contributed by atoms with Crippen molar-refractivity contribution in [3.8, 4) is 0 Å². The first-order valence-electron chi connectivity index (χ1n) is 7.12. The van der Waals surface area contributed by atoms with Gasteiger partial charge in [0, 0.05) is 31.5 Å². The van der Waals surface area contributed by atoms with Crippen molar-refractivity contribution in [3.63, 3.8) is 0 Å². The van der Waals surface area contributed by atoms with Crippen LogP contribution in [0.1, 0.15) is 44.5 Å². The lowest BCUT2D eigenvalue weighted by molar-refractivity contribution is 0.587. The molecular weight excluding hydrogens is 248 g/mol. The van der Waals surface area contributed by atoms with E-state index in [1.807, 2.05) is 24.0 Å². The predicted molar refractivity (Wildman–Crippen MR) is 82.8 cm³/mol. The molecule has 2 aromatic rings. The minimum atomic E-state index is 0.143. The fraction of sp³-hybridized carbons (Fsp3) is 0.500. The number of hydrogen-bond donors (Lipinski definition) is 1. The highest BCUT2D eigenvalue weighted by atomic mass is 15.3. The van der Waals surface area contributed by atoms with Crippen LogP contribution in [-0.4, -0.2) is 14.8 Å². The SMILES string of the molecule is CCc1nn(C)cc1CNc1ccc(C(C)(C)C)cn1. The summed E-state index contributed by atoms with van der Waals surface area (Å²) in [7, 11) is 1.96. The molecule has 2 aromatic heterocycles. The number of aryl methyl sites for hydroxylation is 2. The van der Waals surface area contributed by atoms with Crippen LogP contribution in [0.3, 0.4) is 0 Å². The number of rotatable bonds is 4. The van der Waals surface area contributed by atoms with Gasteiger partial charge in [0.05, 0.1) is 5.69 Å². The van der Waals surface area contributed by atoms with E-state index in [4.69, 9.17) is 0 Å². The van der Waals surface area contributed by atoms with Crippen molar-refractivity contribution in [1.29, 1.82) is 0 Å². The maximum Gasteiger partial charge on any atom is 0.126 e. The summed E-state index contributed by atoms with van der Waals surface area (Å²) in [4.78, 5) is 4.48. The molecule has 2 heterocycles. The molecule has 0 fully saturated rings. The van der Waals surface area contributed by atoms with Crippen molar-refractivity contribution in [1.82, 2.24) is 14.8 Å². The van der Waals surface area contributed by atoms with Gasteiger partial charge in [-0.25, -0.2) is 4.98 Å². The van der Waals surface area contributed by atoms with Gasteiger partial charge >= 0.3 is 0 Å². The molecule has 0 spiro atoms. The molecule has 4 nitrogen and oxygen atoms in total. The van der Waals surface area contributed by atoms with Crippen molar-refractivity contribution in [3.05, 3.63) is 41.3 Å². The highest BCUT2D eigenvalue weighted by molar-refractivity contribution is 5.38. The Morgan fingerprint density at radius 1 is 1.25 bits per heavy atom. The maximum absolute atomic E-state index is 4.48. The van der Waals surface area contributed by atoms with E-state index in [0.717, 1.165) is 24.5 Å². The average Bonchev–Trinajstić information content (AvgIpc) is 2.76. The summed E-state index contributed by atoms with van der Waals surface area (Å²) in [6.07, 6.45) is 4.97. The van der Waals surface area contributed by atoms with Crippen molar-refractivity contribution in [2.45, 2.75) is 46.1 Å². The summed E-state index contributed by atoms with van der Waals surface area (Å²) in [6, 6.07) is 4.18. The van der Waals surface area contributed by atoms with Crippen molar-refractivity contribution in [2.24, 2.45) is 7.05 Å². The van der Waals surface area contributed by atoms with Crippen LogP contribution in [0.2, 0.25) is 0 Å². The normalized spacial score (nSPS) is 11.7. The molecule has 1 N–H and O–H groups in total. The molecule has 20 heavy (non-hydrogen) atoms. The fourth-order valence-electron chi connectivity index (χ4n) is 2.16. The van der Waals surface area contributed by atoms with E-state index >= 15 is 0 Å². The van der Waals surface area contributed by atoms with E-state index in [1.165, 1.54) is 11.1 Å². The largest absolute Gasteiger partial charge is 0.366 e. The van der Waals surface area contributed by atoms with Gasteiger partial charge in [-0.2, -0.15) is 5.10 Å². The van der Waals surface area contributed by atoms with Gasteiger partial charge in [-0.15, -0.1) is 0 Å². The van der Waals surface area contributed by atoms with E-state index in [9.17, 15) is 0 Å². The molecule has 0 atom stereocenters. The molecule has 0 saturated carbocycles. The number of nitrogens with one attached hydrogen (secondary N) is 1. The summed E-state index contributed by atoms with van der Waals surface area (Å²) in [6.45, 7) is 9.47. The van der Waals surface area contributed by atoms with Crippen LogP contribution in [0.5, 0.6) is 0 Å². The second-order valence-corrected chi connectivity index (χ2v) is 6.16. The van der Waals surface area contributed by atoms with Gasteiger partial charge in [0.25, 0.3) is 0 Å². The zero-order chi connectivity index (χ0) is 14.8. The summed E-state index contributed by atoms with van der Waals surface area (Å²) < 4.78 is 1.87.